The van der Waals surface area contributed by atoms with Gasteiger partial charge in [0.05, 0.1) is 0 Å². The quantitative estimate of drug-likeness (QED) is 0.518. The van der Waals surface area contributed by atoms with Gasteiger partial charge in [-0.3, -0.25) is 4.79 Å². The van der Waals surface area contributed by atoms with E-state index in [1.54, 1.807) is 6.20 Å². The largest absolute Gasteiger partial charge is 0.573 e. The molecule has 194 valence electrons. The van der Waals surface area contributed by atoms with Gasteiger partial charge in [0, 0.05) is 44.3 Å². The number of hydrogen-bond donors (Lipinski definition) is 2. The molecule has 3 N–H and O–H groups in total. The van der Waals surface area contributed by atoms with Crippen LogP contribution in [0, 0.1) is 0 Å². The average molecular weight is 506 g/mol. The number of alkyl halides is 3. The predicted octanol–water partition coefficient (Wildman–Crippen LogP) is 4.59. The van der Waals surface area contributed by atoms with Crippen LogP contribution in [0.5, 0.6) is 5.75 Å². The minimum Gasteiger partial charge on any atom is -0.406 e. The second kappa shape index (κ2) is 12.6. The molecule has 0 unspecified atom stereocenters. The summed E-state index contributed by atoms with van der Waals surface area (Å²) in [7, 11) is 0. The Labute approximate surface area is 208 Å². The van der Waals surface area contributed by atoms with Crippen molar-refractivity contribution in [1.82, 2.24) is 15.0 Å². The first-order chi connectivity index (χ1) is 16.8. The molecule has 1 aliphatic rings. The van der Waals surface area contributed by atoms with Crippen molar-refractivity contribution in [2.45, 2.75) is 27.6 Å². The van der Waals surface area contributed by atoms with E-state index in [-0.39, 0.29) is 24.5 Å². The van der Waals surface area contributed by atoms with Gasteiger partial charge in [-0.25, -0.2) is 9.97 Å². The third-order valence-corrected chi connectivity index (χ3v) is 4.93. The molecule has 1 amide bonds. The first-order valence-electron chi connectivity index (χ1n) is 11.0. The minimum absolute atomic E-state index is 0. The summed E-state index contributed by atoms with van der Waals surface area (Å²) in [5, 5.41) is 2.55. The molecule has 0 spiro atoms. The summed E-state index contributed by atoms with van der Waals surface area (Å²) >= 11 is 0. The standard InChI is InChI=1S/C21H20F3N7O2.C2H6.CH4/c22-21(23,24)33-15-6-4-14(5-7-15)28-19(32)16-13-27-20(29-18(16)25)31-11-9-30(10-12-31)17-3-1-2-8-26-17;1-2;/h1-8,13H,9-12H2,(H,28,32)(H2,25,27,29);1-2H3;1H4. The van der Waals surface area contributed by atoms with Crippen molar-refractivity contribution >= 4 is 29.2 Å². The number of anilines is 4. The molecule has 2 aromatic heterocycles. The smallest absolute Gasteiger partial charge is 0.406 e. The lowest BCUT2D eigenvalue weighted by molar-refractivity contribution is -0.274. The van der Waals surface area contributed by atoms with Crippen LogP contribution >= 0.6 is 0 Å². The maximum Gasteiger partial charge on any atom is 0.573 e. The summed E-state index contributed by atoms with van der Waals surface area (Å²) in [5.41, 5.74) is 6.31. The second-order valence-corrected chi connectivity index (χ2v) is 7.16. The summed E-state index contributed by atoms with van der Waals surface area (Å²) in [6.45, 7) is 6.79. The van der Waals surface area contributed by atoms with Crippen LogP contribution in [-0.2, 0) is 0 Å². The van der Waals surface area contributed by atoms with Gasteiger partial charge in [0.2, 0.25) is 5.95 Å². The fourth-order valence-corrected chi connectivity index (χ4v) is 3.33. The lowest BCUT2D eigenvalue weighted by atomic mass is 10.2. The summed E-state index contributed by atoms with van der Waals surface area (Å²) in [5.74, 6) is 0.349. The molecule has 12 heteroatoms. The number of amides is 1. The van der Waals surface area contributed by atoms with Crippen LogP contribution in [0.1, 0.15) is 31.6 Å². The van der Waals surface area contributed by atoms with E-state index in [1.165, 1.54) is 18.3 Å². The Morgan fingerprint density at radius 3 is 2.19 bits per heavy atom. The molecule has 0 aliphatic carbocycles. The Bertz CT molecular complexity index is 1100. The lowest BCUT2D eigenvalue weighted by Gasteiger charge is -2.35. The maximum absolute atomic E-state index is 12.5. The van der Waals surface area contributed by atoms with Gasteiger partial charge >= 0.3 is 6.36 Å². The van der Waals surface area contributed by atoms with Gasteiger partial charge in [0.25, 0.3) is 5.91 Å². The van der Waals surface area contributed by atoms with Gasteiger partial charge in [-0.15, -0.1) is 13.2 Å². The van der Waals surface area contributed by atoms with E-state index >= 15 is 0 Å². The van der Waals surface area contributed by atoms with Crippen molar-refractivity contribution in [2.75, 3.05) is 47.0 Å². The van der Waals surface area contributed by atoms with Crippen molar-refractivity contribution in [2.24, 2.45) is 0 Å². The molecule has 9 nitrogen and oxygen atoms in total. The molecule has 0 saturated carbocycles. The molecule has 1 aromatic carbocycles. The third kappa shape index (κ3) is 7.45. The van der Waals surface area contributed by atoms with Gasteiger partial charge < -0.3 is 25.6 Å². The highest BCUT2D eigenvalue weighted by Crippen LogP contribution is 2.24. The number of pyridine rings is 1. The van der Waals surface area contributed by atoms with E-state index < -0.39 is 18.0 Å². The van der Waals surface area contributed by atoms with E-state index in [0.29, 0.717) is 19.0 Å². The topological polar surface area (TPSA) is 110 Å². The van der Waals surface area contributed by atoms with E-state index in [9.17, 15) is 18.0 Å². The molecule has 4 rings (SSSR count). The minimum atomic E-state index is -4.79. The summed E-state index contributed by atoms with van der Waals surface area (Å²) in [6, 6.07) is 10.5. The van der Waals surface area contributed by atoms with Crippen molar-refractivity contribution in [3.05, 3.63) is 60.4 Å². The highest BCUT2D eigenvalue weighted by Gasteiger charge is 2.31. The zero-order valence-electron chi connectivity index (χ0n) is 19.3. The SMILES string of the molecule is C.CC.Nc1nc(N2CCN(c3ccccn3)CC2)ncc1C(=O)Nc1ccc(OC(F)(F)F)cc1. The van der Waals surface area contributed by atoms with E-state index in [0.717, 1.165) is 31.0 Å². The van der Waals surface area contributed by atoms with Crippen molar-refractivity contribution in [1.29, 1.82) is 0 Å². The Morgan fingerprint density at radius 1 is 1.00 bits per heavy atom. The molecule has 0 bridgehead atoms. The molecule has 1 fully saturated rings. The number of nitrogens with two attached hydrogens (primary N) is 1. The van der Waals surface area contributed by atoms with Crippen LogP contribution in [0.15, 0.2) is 54.9 Å². The number of aromatic nitrogens is 3. The van der Waals surface area contributed by atoms with Gasteiger partial charge in [-0.05, 0) is 36.4 Å². The molecular formula is C24H30F3N7O2. The van der Waals surface area contributed by atoms with E-state index in [4.69, 9.17) is 5.73 Å². The van der Waals surface area contributed by atoms with Gasteiger partial charge in [-0.2, -0.15) is 4.98 Å². The average Bonchev–Trinajstić information content (AvgIpc) is 2.86. The van der Waals surface area contributed by atoms with Crippen LogP contribution in [0.3, 0.4) is 0 Å². The monoisotopic (exact) mass is 505 g/mol. The molecule has 3 heterocycles. The normalized spacial score (nSPS) is 13.1. The highest BCUT2D eigenvalue weighted by atomic mass is 19.4. The van der Waals surface area contributed by atoms with Crippen molar-refractivity contribution in [3.8, 4) is 5.75 Å². The van der Waals surface area contributed by atoms with Crippen LogP contribution in [0.4, 0.5) is 36.4 Å². The van der Waals surface area contributed by atoms with Crippen LogP contribution in [0.2, 0.25) is 0 Å². The number of rotatable bonds is 5. The Kier molecular flexibility index (Phi) is 9.83. The maximum atomic E-state index is 12.5. The number of halogens is 3. The zero-order valence-corrected chi connectivity index (χ0v) is 19.3. The Hall–Kier alpha value is -4.09. The summed E-state index contributed by atoms with van der Waals surface area (Å²) in [4.78, 5) is 29.5. The van der Waals surface area contributed by atoms with Crippen molar-refractivity contribution in [3.63, 3.8) is 0 Å². The third-order valence-electron chi connectivity index (χ3n) is 4.93. The summed E-state index contributed by atoms with van der Waals surface area (Å²) in [6.07, 6.45) is -1.71. The predicted molar refractivity (Wildman–Crippen MR) is 134 cm³/mol. The van der Waals surface area contributed by atoms with E-state index in [2.05, 4.69) is 29.9 Å². The van der Waals surface area contributed by atoms with Crippen molar-refractivity contribution < 1.29 is 22.7 Å². The Balaban J connectivity index is 0.00000148. The number of ether oxygens (including phenoxy) is 1. The highest BCUT2D eigenvalue weighted by molar-refractivity contribution is 6.07. The van der Waals surface area contributed by atoms with Gasteiger partial charge in [0.15, 0.2) is 0 Å². The molecule has 3 aromatic rings. The molecule has 0 radical (unpaired) electrons. The van der Waals surface area contributed by atoms with Crippen LogP contribution < -0.4 is 25.6 Å². The Morgan fingerprint density at radius 2 is 1.64 bits per heavy atom. The number of carbonyl (C=O) groups excluding carboxylic acids is 1. The number of nitrogens with one attached hydrogen (secondary N) is 1. The number of benzene rings is 1. The lowest BCUT2D eigenvalue weighted by Crippen LogP contribution is -2.47. The fraction of sp³-hybridized carbons (Fsp3) is 0.333. The first-order valence-corrected chi connectivity index (χ1v) is 11.0. The molecule has 36 heavy (non-hydrogen) atoms. The molecule has 0 atom stereocenters. The van der Waals surface area contributed by atoms with Crippen LogP contribution in [-0.4, -0.2) is 53.4 Å². The second-order valence-electron chi connectivity index (χ2n) is 7.16. The number of nitrogens with zero attached hydrogens (tertiary/aromatic N) is 5. The molecule has 1 aliphatic heterocycles. The van der Waals surface area contributed by atoms with Gasteiger partial charge in [0.1, 0.15) is 22.9 Å². The fourth-order valence-electron chi connectivity index (χ4n) is 3.33. The number of carbonyl (C=O) groups is 1. The number of hydrogen-bond acceptors (Lipinski definition) is 8. The molecule has 1 saturated heterocycles. The molecular weight excluding hydrogens is 475 g/mol. The number of nitrogen functional groups attached to an aromatic ring is 1. The first kappa shape index (κ1) is 28.1. The van der Waals surface area contributed by atoms with Gasteiger partial charge in [-0.1, -0.05) is 27.3 Å². The van der Waals surface area contributed by atoms with Crippen LogP contribution in [0.25, 0.3) is 0 Å². The van der Waals surface area contributed by atoms with E-state index in [1.807, 2.05) is 36.9 Å². The number of piperazine rings is 1. The zero-order chi connectivity index (χ0) is 25.4. The summed E-state index contributed by atoms with van der Waals surface area (Å²) < 4.78 is 40.6.